The van der Waals surface area contributed by atoms with Crippen molar-refractivity contribution in [1.82, 2.24) is 14.3 Å². The van der Waals surface area contributed by atoms with E-state index in [4.69, 9.17) is 0 Å². The van der Waals surface area contributed by atoms with E-state index in [-0.39, 0.29) is 17.0 Å². The van der Waals surface area contributed by atoms with E-state index < -0.39 is 0 Å². The smallest absolute Gasteiger partial charge is 0.263 e. The van der Waals surface area contributed by atoms with Crippen LogP contribution in [0.2, 0.25) is 0 Å². The lowest BCUT2D eigenvalue weighted by Crippen LogP contribution is -2.31. The summed E-state index contributed by atoms with van der Waals surface area (Å²) in [6.07, 6.45) is 2.67. The van der Waals surface area contributed by atoms with Gasteiger partial charge in [-0.2, -0.15) is 16.9 Å². The molecule has 0 saturated heterocycles. The number of aryl methyl sites for hydroxylation is 3. The minimum Gasteiger partial charge on any atom is -0.315 e. The number of aromatic nitrogens is 3. The van der Waals surface area contributed by atoms with Crippen molar-refractivity contribution >= 4 is 23.5 Å². The summed E-state index contributed by atoms with van der Waals surface area (Å²) in [5.41, 5.74) is 2.76. The molecule has 0 saturated carbocycles. The molecule has 1 aliphatic rings. The van der Waals surface area contributed by atoms with Crippen LogP contribution in [0.3, 0.4) is 0 Å². The first-order chi connectivity index (χ1) is 11.9. The number of rotatable bonds is 5. The minimum absolute atomic E-state index is 0.215. The maximum absolute atomic E-state index is 12.8. The Labute approximate surface area is 151 Å². The van der Waals surface area contributed by atoms with Crippen molar-refractivity contribution in [3.05, 3.63) is 45.0 Å². The largest absolute Gasteiger partial charge is 0.315 e. The normalized spacial score (nSPS) is 13.3. The predicted molar refractivity (Wildman–Crippen MR) is 101 cm³/mol. The number of thioether (sulfide) groups is 1. The number of nitrogens with one attached hydrogen (secondary N) is 1. The molecule has 1 amide bonds. The van der Waals surface area contributed by atoms with Crippen LogP contribution in [-0.2, 0) is 25.1 Å². The zero-order valence-corrected chi connectivity index (χ0v) is 15.9. The van der Waals surface area contributed by atoms with E-state index in [0.29, 0.717) is 23.8 Å². The van der Waals surface area contributed by atoms with Crippen molar-refractivity contribution in [3.63, 3.8) is 0 Å². The average molecular weight is 360 g/mol. The zero-order valence-electron chi connectivity index (χ0n) is 15.1. The molecule has 1 N–H and O–H groups in total. The molecule has 0 aliphatic carbocycles. The standard InChI is InChI=1S/C18H24N4O2S/c1-11(2)5-7-22-8-6-12(3)15(18(22)24)17(23)19-16-13-9-25-10-14(13)20-21(16)4/h6,8,11H,5,7,9-10H2,1-4H3,(H,19,23). The number of carbonyl (C=O) groups is 1. The molecule has 0 radical (unpaired) electrons. The maximum Gasteiger partial charge on any atom is 0.263 e. The quantitative estimate of drug-likeness (QED) is 0.890. The van der Waals surface area contributed by atoms with E-state index in [1.807, 2.05) is 13.1 Å². The molecule has 7 heteroatoms. The SMILES string of the molecule is Cc1ccn(CCC(C)C)c(=O)c1C(=O)Nc1c2c(nn1C)CSC2. The highest BCUT2D eigenvalue weighted by atomic mass is 32.2. The molecule has 1 aliphatic heterocycles. The van der Waals surface area contributed by atoms with Crippen molar-refractivity contribution in [2.75, 3.05) is 5.32 Å². The lowest BCUT2D eigenvalue weighted by atomic mass is 10.1. The van der Waals surface area contributed by atoms with Crippen molar-refractivity contribution in [3.8, 4) is 0 Å². The van der Waals surface area contributed by atoms with Crippen molar-refractivity contribution < 1.29 is 4.79 Å². The summed E-state index contributed by atoms with van der Waals surface area (Å²) in [4.78, 5) is 25.6. The molecular formula is C18H24N4O2S. The third-order valence-corrected chi connectivity index (χ3v) is 5.46. The Morgan fingerprint density at radius 2 is 2.16 bits per heavy atom. The number of anilines is 1. The summed E-state index contributed by atoms with van der Waals surface area (Å²) in [5, 5.41) is 7.36. The van der Waals surface area contributed by atoms with E-state index in [1.165, 1.54) is 0 Å². The number of hydrogen-bond acceptors (Lipinski definition) is 4. The molecule has 2 aromatic heterocycles. The Bertz CT molecular complexity index is 867. The third kappa shape index (κ3) is 3.51. The van der Waals surface area contributed by atoms with Crippen LogP contribution >= 0.6 is 11.8 Å². The van der Waals surface area contributed by atoms with Crippen LogP contribution in [0.1, 0.15) is 47.4 Å². The Morgan fingerprint density at radius 1 is 1.40 bits per heavy atom. The monoisotopic (exact) mass is 360 g/mol. The first kappa shape index (κ1) is 17.8. The molecule has 3 heterocycles. The molecule has 0 atom stereocenters. The molecule has 3 rings (SSSR count). The van der Waals surface area contributed by atoms with E-state index in [2.05, 4.69) is 24.3 Å². The van der Waals surface area contributed by atoms with Gasteiger partial charge >= 0.3 is 0 Å². The number of carbonyl (C=O) groups excluding carboxylic acids is 1. The fraction of sp³-hybridized carbons (Fsp3) is 0.500. The Morgan fingerprint density at radius 3 is 2.88 bits per heavy atom. The molecule has 0 spiro atoms. The average Bonchev–Trinajstić information content (AvgIpc) is 3.09. The number of nitrogens with zero attached hydrogens (tertiary/aromatic N) is 3. The highest BCUT2D eigenvalue weighted by Crippen LogP contribution is 2.34. The minimum atomic E-state index is -0.357. The van der Waals surface area contributed by atoms with E-state index in [0.717, 1.165) is 29.2 Å². The molecule has 0 unspecified atom stereocenters. The summed E-state index contributed by atoms with van der Waals surface area (Å²) in [7, 11) is 1.82. The second-order valence-corrected chi connectivity index (χ2v) is 7.88. The third-order valence-electron chi connectivity index (χ3n) is 4.49. The highest BCUT2D eigenvalue weighted by Gasteiger charge is 2.24. The summed E-state index contributed by atoms with van der Waals surface area (Å²) >= 11 is 1.78. The predicted octanol–water partition coefficient (Wildman–Crippen LogP) is 2.94. The molecule has 2 aromatic rings. The summed E-state index contributed by atoms with van der Waals surface area (Å²) in [6.45, 7) is 6.66. The van der Waals surface area contributed by atoms with Gasteiger partial charge in [0.2, 0.25) is 0 Å². The van der Waals surface area contributed by atoms with Gasteiger partial charge in [0.15, 0.2) is 0 Å². The van der Waals surface area contributed by atoms with Crippen LogP contribution in [0.5, 0.6) is 0 Å². The van der Waals surface area contributed by atoms with Crippen molar-refractivity contribution in [2.45, 2.75) is 45.2 Å². The Balaban J connectivity index is 1.90. The zero-order chi connectivity index (χ0) is 18.1. The highest BCUT2D eigenvalue weighted by molar-refractivity contribution is 7.98. The van der Waals surface area contributed by atoms with E-state index in [1.54, 1.807) is 34.1 Å². The van der Waals surface area contributed by atoms with Crippen LogP contribution in [0.25, 0.3) is 0 Å². The van der Waals surface area contributed by atoms with Gasteiger partial charge in [0.25, 0.3) is 11.5 Å². The Hall–Kier alpha value is -2.02. The first-order valence-electron chi connectivity index (χ1n) is 8.52. The van der Waals surface area contributed by atoms with E-state index in [9.17, 15) is 9.59 Å². The summed E-state index contributed by atoms with van der Waals surface area (Å²) in [5.74, 6) is 2.54. The number of fused-ring (bicyclic) bond motifs is 1. The first-order valence-corrected chi connectivity index (χ1v) is 9.67. The maximum atomic E-state index is 12.8. The van der Waals surface area contributed by atoms with Crippen molar-refractivity contribution in [2.24, 2.45) is 13.0 Å². The van der Waals surface area contributed by atoms with Gasteiger partial charge in [-0.15, -0.1) is 0 Å². The second-order valence-electron chi connectivity index (χ2n) is 6.90. The molecule has 0 bridgehead atoms. The second kappa shape index (κ2) is 7.07. The molecule has 134 valence electrons. The van der Waals surface area contributed by atoms with Crippen LogP contribution in [-0.4, -0.2) is 20.3 Å². The van der Waals surface area contributed by atoms with Crippen LogP contribution in [0, 0.1) is 12.8 Å². The van der Waals surface area contributed by atoms with Crippen LogP contribution in [0.15, 0.2) is 17.1 Å². The van der Waals surface area contributed by atoms with Gasteiger partial charge in [0.1, 0.15) is 11.4 Å². The fourth-order valence-electron chi connectivity index (χ4n) is 2.98. The lowest BCUT2D eigenvalue weighted by molar-refractivity contribution is 0.102. The Kier molecular flexibility index (Phi) is 5.03. The summed E-state index contributed by atoms with van der Waals surface area (Å²) < 4.78 is 3.32. The number of hydrogen-bond donors (Lipinski definition) is 1. The van der Waals surface area contributed by atoms with Crippen LogP contribution in [0.4, 0.5) is 5.82 Å². The van der Waals surface area contributed by atoms with Gasteiger partial charge in [-0.3, -0.25) is 14.3 Å². The molecular weight excluding hydrogens is 336 g/mol. The molecule has 0 aromatic carbocycles. The van der Waals surface area contributed by atoms with Crippen LogP contribution < -0.4 is 10.9 Å². The number of amides is 1. The summed E-state index contributed by atoms with van der Waals surface area (Å²) in [6, 6.07) is 1.83. The van der Waals surface area contributed by atoms with Gasteiger partial charge < -0.3 is 9.88 Å². The van der Waals surface area contributed by atoms with Gasteiger partial charge in [-0.1, -0.05) is 13.8 Å². The van der Waals surface area contributed by atoms with Gasteiger partial charge in [-0.25, -0.2) is 0 Å². The molecule has 0 fully saturated rings. The number of pyridine rings is 1. The molecule has 25 heavy (non-hydrogen) atoms. The molecule has 6 nitrogen and oxygen atoms in total. The lowest BCUT2D eigenvalue weighted by Gasteiger charge is -2.13. The van der Waals surface area contributed by atoms with Crippen molar-refractivity contribution in [1.29, 1.82) is 0 Å². The topological polar surface area (TPSA) is 68.9 Å². The van der Waals surface area contributed by atoms with E-state index >= 15 is 0 Å². The van der Waals surface area contributed by atoms with Gasteiger partial charge in [0, 0.05) is 36.9 Å². The fourth-order valence-corrected chi connectivity index (χ4v) is 4.02. The van der Waals surface area contributed by atoms with Gasteiger partial charge in [0.05, 0.1) is 5.69 Å². The van der Waals surface area contributed by atoms with Gasteiger partial charge in [-0.05, 0) is 30.9 Å².